The van der Waals surface area contributed by atoms with E-state index in [0.717, 1.165) is 37.2 Å². The van der Waals surface area contributed by atoms with Crippen LogP contribution < -0.4 is 15.0 Å². The third-order valence-corrected chi connectivity index (χ3v) is 6.57. The van der Waals surface area contributed by atoms with Gasteiger partial charge >= 0.3 is 6.01 Å². The Morgan fingerprint density at radius 1 is 1.09 bits per heavy atom. The zero-order chi connectivity index (χ0) is 24.4. The second kappa shape index (κ2) is 9.88. The summed E-state index contributed by atoms with van der Waals surface area (Å²) in [5.41, 5.74) is 5.30. The van der Waals surface area contributed by atoms with Crippen molar-refractivity contribution < 1.29 is 9.84 Å². The van der Waals surface area contributed by atoms with Crippen LogP contribution in [0.15, 0.2) is 60.9 Å². The molecule has 1 aliphatic rings. The van der Waals surface area contributed by atoms with Crippen molar-refractivity contribution in [3.8, 4) is 17.6 Å². The molecule has 1 aliphatic heterocycles. The molecule has 0 amide bonds. The van der Waals surface area contributed by atoms with Gasteiger partial charge in [0.25, 0.3) is 0 Å². The molecule has 1 saturated heterocycles. The standard InChI is InChI=1S/C28H31N5O2/c1-18(2)20-6-8-21(9-7-20)33(22-5-4-13-29-16-22)26-11-10-23(15-19(26)3)35-28-31-25-17-30-14-12-24(25)27(34)32-28/h6-12,14-15,17-18,22,29H,4-5,13,16H2,1-3H3,(H,31,32,34). The van der Waals surface area contributed by atoms with Crippen LogP contribution in [0.5, 0.6) is 17.6 Å². The van der Waals surface area contributed by atoms with Gasteiger partial charge in [0.05, 0.1) is 17.1 Å². The average Bonchev–Trinajstić information content (AvgIpc) is 2.86. The van der Waals surface area contributed by atoms with Crippen molar-refractivity contribution in [1.82, 2.24) is 20.3 Å². The normalized spacial score (nSPS) is 15.9. The molecule has 1 atom stereocenters. The second-order valence-corrected chi connectivity index (χ2v) is 9.39. The Kier molecular flexibility index (Phi) is 6.51. The maximum Gasteiger partial charge on any atom is 0.325 e. The number of aryl methyl sites for hydroxylation is 1. The van der Waals surface area contributed by atoms with E-state index in [0.29, 0.717) is 28.6 Å². The Hall–Kier alpha value is -3.71. The summed E-state index contributed by atoms with van der Waals surface area (Å²) >= 11 is 0. The highest BCUT2D eigenvalue weighted by molar-refractivity contribution is 5.82. The van der Waals surface area contributed by atoms with E-state index in [-0.39, 0.29) is 11.9 Å². The molecule has 7 nitrogen and oxygen atoms in total. The van der Waals surface area contributed by atoms with Crippen LogP contribution in [0.25, 0.3) is 10.9 Å². The van der Waals surface area contributed by atoms with E-state index in [4.69, 9.17) is 4.74 Å². The number of piperidine rings is 1. The fourth-order valence-corrected chi connectivity index (χ4v) is 4.68. The molecule has 3 heterocycles. The number of benzene rings is 2. The Bertz CT molecular complexity index is 1320. The van der Waals surface area contributed by atoms with Crippen molar-refractivity contribution >= 4 is 22.3 Å². The molecule has 2 N–H and O–H groups in total. The Morgan fingerprint density at radius 2 is 1.91 bits per heavy atom. The summed E-state index contributed by atoms with van der Waals surface area (Å²) in [6.07, 6.45) is 5.47. The van der Waals surface area contributed by atoms with Gasteiger partial charge in [0.1, 0.15) is 5.75 Å². The first kappa shape index (κ1) is 23.1. The topological polar surface area (TPSA) is 83.4 Å². The number of rotatable bonds is 6. The summed E-state index contributed by atoms with van der Waals surface area (Å²) in [7, 11) is 0. The van der Waals surface area contributed by atoms with E-state index >= 15 is 0 Å². The fraction of sp³-hybridized carbons (Fsp3) is 0.321. The average molecular weight is 470 g/mol. The number of nitrogens with zero attached hydrogens (tertiary/aromatic N) is 4. The van der Waals surface area contributed by atoms with Gasteiger partial charge in [-0.1, -0.05) is 26.0 Å². The lowest BCUT2D eigenvalue weighted by Gasteiger charge is -2.37. The van der Waals surface area contributed by atoms with Gasteiger partial charge in [-0.2, -0.15) is 9.97 Å². The van der Waals surface area contributed by atoms with Crippen LogP contribution >= 0.6 is 0 Å². The number of ether oxygens (including phenoxy) is 1. The van der Waals surface area contributed by atoms with E-state index in [1.165, 1.54) is 11.3 Å². The summed E-state index contributed by atoms with van der Waals surface area (Å²) in [6.45, 7) is 8.54. The zero-order valence-corrected chi connectivity index (χ0v) is 20.4. The van der Waals surface area contributed by atoms with Crippen LogP contribution in [0.2, 0.25) is 0 Å². The highest BCUT2D eigenvalue weighted by atomic mass is 16.5. The maximum absolute atomic E-state index is 10.3. The predicted octanol–water partition coefficient (Wildman–Crippen LogP) is 5.84. The molecule has 1 fully saturated rings. The van der Waals surface area contributed by atoms with Crippen LogP contribution in [-0.4, -0.2) is 39.2 Å². The van der Waals surface area contributed by atoms with Gasteiger partial charge in [0.15, 0.2) is 0 Å². The molecule has 7 heteroatoms. The first-order valence-electron chi connectivity index (χ1n) is 12.2. The number of anilines is 2. The lowest BCUT2D eigenvalue weighted by molar-refractivity contribution is 0.411. The largest absolute Gasteiger partial charge is 0.493 e. The summed E-state index contributed by atoms with van der Waals surface area (Å²) in [5, 5.41) is 14.4. The number of aromatic nitrogens is 3. The number of fused-ring (bicyclic) bond motifs is 1. The minimum Gasteiger partial charge on any atom is -0.493 e. The zero-order valence-electron chi connectivity index (χ0n) is 20.4. The summed E-state index contributed by atoms with van der Waals surface area (Å²) in [5.74, 6) is 0.992. The second-order valence-electron chi connectivity index (χ2n) is 9.39. The minimum atomic E-state index is -0.124. The summed E-state index contributed by atoms with van der Waals surface area (Å²) < 4.78 is 5.94. The number of hydrogen-bond donors (Lipinski definition) is 2. The van der Waals surface area contributed by atoms with Gasteiger partial charge in [-0.25, -0.2) is 0 Å². The molecule has 5 rings (SSSR count). The molecule has 0 aliphatic carbocycles. The third kappa shape index (κ3) is 4.91. The van der Waals surface area contributed by atoms with E-state index in [1.54, 1.807) is 18.5 Å². The Labute approximate surface area is 205 Å². The Balaban J connectivity index is 1.46. The third-order valence-electron chi connectivity index (χ3n) is 6.57. The molecular formula is C28H31N5O2. The van der Waals surface area contributed by atoms with Crippen molar-refractivity contribution in [2.45, 2.75) is 45.6 Å². The molecule has 0 saturated carbocycles. The van der Waals surface area contributed by atoms with Crippen molar-refractivity contribution in [3.05, 3.63) is 72.1 Å². The summed E-state index contributed by atoms with van der Waals surface area (Å²) in [6, 6.07) is 17.1. The van der Waals surface area contributed by atoms with E-state index in [2.05, 4.69) is 76.3 Å². The molecule has 0 spiro atoms. The van der Waals surface area contributed by atoms with Crippen molar-refractivity contribution in [3.63, 3.8) is 0 Å². The van der Waals surface area contributed by atoms with Crippen LogP contribution in [0.4, 0.5) is 11.4 Å². The van der Waals surface area contributed by atoms with E-state index in [1.807, 2.05) is 12.1 Å². The van der Waals surface area contributed by atoms with Gasteiger partial charge in [-0.15, -0.1) is 0 Å². The molecule has 180 valence electrons. The lowest BCUT2D eigenvalue weighted by Crippen LogP contribution is -2.44. The molecule has 4 aromatic rings. The van der Waals surface area contributed by atoms with Gasteiger partial charge in [0, 0.05) is 30.2 Å². The lowest BCUT2D eigenvalue weighted by atomic mass is 10.00. The maximum atomic E-state index is 10.3. The molecular weight excluding hydrogens is 438 g/mol. The molecule has 2 aromatic heterocycles. The minimum absolute atomic E-state index is 0.0905. The molecule has 0 bridgehead atoms. The van der Waals surface area contributed by atoms with Crippen molar-refractivity contribution in [2.24, 2.45) is 0 Å². The quantitative estimate of drug-likeness (QED) is 0.367. The van der Waals surface area contributed by atoms with Crippen LogP contribution in [0, 0.1) is 6.92 Å². The highest BCUT2D eigenvalue weighted by Crippen LogP contribution is 2.36. The highest BCUT2D eigenvalue weighted by Gasteiger charge is 2.24. The SMILES string of the molecule is Cc1cc(Oc2nc(O)c3ccncc3n2)ccc1N(c1ccc(C(C)C)cc1)C1CCCNC1. The number of aromatic hydroxyl groups is 1. The fourth-order valence-electron chi connectivity index (χ4n) is 4.68. The smallest absolute Gasteiger partial charge is 0.325 e. The van der Waals surface area contributed by atoms with Crippen LogP contribution in [0.1, 0.15) is 43.7 Å². The number of hydrogen-bond acceptors (Lipinski definition) is 7. The van der Waals surface area contributed by atoms with Gasteiger partial charge < -0.3 is 20.1 Å². The molecule has 35 heavy (non-hydrogen) atoms. The number of nitrogens with one attached hydrogen (secondary N) is 1. The van der Waals surface area contributed by atoms with Gasteiger partial charge in [0.2, 0.25) is 5.88 Å². The first-order valence-corrected chi connectivity index (χ1v) is 12.2. The molecule has 2 aromatic carbocycles. The van der Waals surface area contributed by atoms with Crippen LogP contribution in [0.3, 0.4) is 0 Å². The number of pyridine rings is 1. The molecule has 0 radical (unpaired) electrons. The van der Waals surface area contributed by atoms with Crippen molar-refractivity contribution in [1.29, 1.82) is 0 Å². The van der Waals surface area contributed by atoms with Gasteiger partial charge in [-0.05, 0) is 79.8 Å². The first-order chi connectivity index (χ1) is 17.0. The van der Waals surface area contributed by atoms with E-state index in [9.17, 15) is 5.11 Å². The van der Waals surface area contributed by atoms with Crippen LogP contribution in [-0.2, 0) is 0 Å². The monoisotopic (exact) mass is 469 g/mol. The van der Waals surface area contributed by atoms with Crippen molar-refractivity contribution in [2.75, 3.05) is 18.0 Å². The molecule has 1 unspecified atom stereocenters. The predicted molar refractivity (Wildman–Crippen MR) is 139 cm³/mol. The van der Waals surface area contributed by atoms with E-state index < -0.39 is 0 Å². The summed E-state index contributed by atoms with van der Waals surface area (Å²) in [4.78, 5) is 15.0. The van der Waals surface area contributed by atoms with Gasteiger partial charge in [-0.3, -0.25) is 4.98 Å². The Morgan fingerprint density at radius 3 is 2.63 bits per heavy atom.